The number of benzene rings is 2. The fourth-order valence-electron chi connectivity index (χ4n) is 1.92. The van der Waals surface area contributed by atoms with Crippen LogP contribution < -0.4 is 4.90 Å². The van der Waals surface area contributed by atoms with Crippen LogP contribution in [-0.2, 0) is 11.3 Å². The zero-order chi connectivity index (χ0) is 16.3. The Labute approximate surface area is 142 Å². The molecule has 0 heterocycles. The van der Waals surface area contributed by atoms with Gasteiger partial charge in [0.25, 0.3) is 0 Å². The van der Waals surface area contributed by atoms with Gasteiger partial charge < -0.3 is 15.1 Å². The predicted octanol–water partition coefficient (Wildman–Crippen LogP) is 4.18. The topological polar surface area (TPSA) is 60.8 Å². The first-order chi connectivity index (χ1) is 10.4. The first kappa shape index (κ1) is 16.7. The summed E-state index contributed by atoms with van der Waals surface area (Å²) in [6.45, 7) is 0.0929. The summed E-state index contributed by atoms with van der Waals surface area (Å²) in [6, 6.07) is 9.46. The minimum absolute atomic E-state index is 0.0205. The molecule has 0 aromatic heterocycles. The lowest BCUT2D eigenvalue weighted by molar-refractivity contribution is -0.116. The van der Waals surface area contributed by atoms with Crippen LogP contribution >= 0.6 is 34.8 Å². The number of phenolic OH excluding ortho intramolecular Hbond substituents is 2. The summed E-state index contributed by atoms with van der Waals surface area (Å²) in [6.07, 6.45) is 0. The first-order valence-corrected chi connectivity index (χ1v) is 7.54. The van der Waals surface area contributed by atoms with Gasteiger partial charge in [-0.2, -0.15) is 0 Å². The van der Waals surface area contributed by atoms with Gasteiger partial charge in [-0.05, 0) is 18.2 Å². The van der Waals surface area contributed by atoms with Crippen molar-refractivity contribution in [3.8, 4) is 11.5 Å². The molecule has 0 aliphatic rings. The molecule has 0 radical (unpaired) electrons. The molecule has 0 unspecified atom stereocenters. The number of hydrogen-bond acceptors (Lipinski definition) is 3. The number of rotatable bonds is 4. The van der Waals surface area contributed by atoms with Gasteiger partial charge in [0.05, 0.1) is 16.6 Å². The van der Waals surface area contributed by atoms with Crippen molar-refractivity contribution in [2.24, 2.45) is 0 Å². The van der Waals surface area contributed by atoms with Crippen molar-refractivity contribution in [3.63, 3.8) is 0 Å². The molecule has 2 N–H and O–H groups in total. The van der Waals surface area contributed by atoms with Crippen LogP contribution in [-0.4, -0.2) is 22.0 Å². The van der Waals surface area contributed by atoms with Gasteiger partial charge in [0.2, 0.25) is 5.91 Å². The molecule has 0 aliphatic heterocycles. The fourth-order valence-corrected chi connectivity index (χ4v) is 2.54. The Morgan fingerprint density at radius 1 is 1.09 bits per heavy atom. The van der Waals surface area contributed by atoms with Crippen molar-refractivity contribution in [3.05, 3.63) is 52.0 Å². The zero-order valence-corrected chi connectivity index (χ0v) is 13.5. The number of para-hydroxylation sites is 1. The lowest BCUT2D eigenvalue weighted by atomic mass is 10.1. The molecule has 0 spiro atoms. The zero-order valence-electron chi connectivity index (χ0n) is 11.3. The molecule has 7 heteroatoms. The summed E-state index contributed by atoms with van der Waals surface area (Å²) in [5, 5.41) is 19.5. The smallest absolute Gasteiger partial charge is 0.242 e. The van der Waals surface area contributed by atoms with Gasteiger partial charge in [-0.25, -0.2) is 0 Å². The summed E-state index contributed by atoms with van der Waals surface area (Å²) in [5.41, 5.74) is 0.919. The van der Waals surface area contributed by atoms with Gasteiger partial charge in [-0.1, -0.05) is 41.4 Å². The van der Waals surface area contributed by atoms with Crippen LogP contribution in [0.15, 0.2) is 36.4 Å². The van der Waals surface area contributed by atoms with Crippen molar-refractivity contribution < 1.29 is 15.0 Å². The van der Waals surface area contributed by atoms with E-state index in [1.54, 1.807) is 18.2 Å². The molecule has 0 fully saturated rings. The lowest BCUT2D eigenvalue weighted by Crippen LogP contribution is -2.31. The second kappa shape index (κ2) is 7.09. The normalized spacial score (nSPS) is 10.5. The van der Waals surface area contributed by atoms with Crippen LogP contribution in [0.2, 0.25) is 10.0 Å². The average molecular weight is 361 g/mol. The lowest BCUT2D eigenvalue weighted by Gasteiger charge is -2.23. The third-order valence-corrected chi connectivity index (χ3v) is 3.85. The molecule has 0 saturated heterocycles. The molecular formula is C15H12Cl3NO3. The second-order valence-electron chi connectivity index (χ2n) is 4.50. The van der Waals surface area contributed by atoms with E-state index in [1.807, 2.05) is 0 Å². The quantitative estimate of drug-likeness (QED) is 0.804. The standard InChI is InChI=1S/C15H12Cl3NO3/c16-7-14(21)19(8-9-3-1-2-4-13(9)20)10-5-11(17)15(22)12(18)6-10/h1-6,20,22H,7-8H2. The van der Waals surface area contributed by atoms with Gasteiger partial charge in [-0.3, -0.25) is 4.79 Å². The van der Waals surface area contributed by atoms with Crippen molar-refractivity contribution in [2.45, 2.75) is 6.54 Å². The highest BCUT2D eigenvalue weighted by Crippen LogP contribution is 2.36. The van der Waals surface area contributed by atoms with Crippen molar-refractivity contribution in [1.29, 1.82) is 0 Å². The number of halogens is 3. The Morgan fingerprint density at radius 2 is 1.68 bits per heavy atom. The number of carbonyl (C=O) groups excluding carboxylic acids is 1. The third kappa shape index (κ3) is 3.58. The summed E-state index contributed by atoms with van der Waals surface area (Å²) in [7, 11) is 0. The second-order valence-corrected chi connectivity index (χ2v) is 5.58. The summed E-state index contributed by atoms with van der Waals surface area (Å²) in [4.78, 5) is 13.4. The van der Waals surface area contributed by atoms with Gasteiger partial charge >= 0.3 is 0 Å². The predicted molar refractivity (Wildman–Crippen MR) is 88.1 cm³/mol. The number of nitrogens with zero attached hydrogens (tertiary/aromatic N) is 1. The highest BCUT2D eigenvalue weighted by Gasteiger charge is 2.19. The monoisotopic (exact) mass is 359 g/mol. The highest BCUT2D eigenvalue weighted by molar-refractivity contribution is 6.37. The van der Waals surface area contributed by atoms with E-state index in [9.17, 15) is 15.0 Å². The van der Waals surface area contributed by atoms with Crippen LogP contribution in [0.25, 0.3) is 0 Å². The minimum Gasteiger partial charge on any atom is -0.508 e. The molecule has 0 atom stereocenters. The Morgan fingerprint density at radius 3 is 2.23 bits per heavy atom. The van der Waals surface area contributed by atoms with E-state index in [-0.39, 0.29) is 39.9 Å². The van der Waals surface area contributed by atoms with Gasteiger partial charge in [0.15, 0.2) is 5.75 Å². The minimum atomic E-state index is -0.386. The molecule has 2 aromatic carbocycles. The molecule has 2 rings (SSSR count). The molecular weight excluding hydrogens is 349 g/mol. The summed E-state index contributed by atoms with van der Waals surface area (Å²) >= 11 is 17.4. The van der Waals surface area contributed by atoms with E-state index < -0.39 is 0 Å². The Hall–Kier alpha value is -1.62. The van der Waals surface area contributed by atoms with Gasteiger partial charge in [-0.15, -0.1) is 11.6 Å². The number of alkyl halides is 1. The summed E-state index contributed by atoms with van der Waals surface area (Å²) < 4.78 is 0. The molecule has 0 aliphatic carbocycles. The maximum Gasteiger partial charge on any atom is 0.242 e. The van der Waals surface area contributed by atoms with Gasteiger partial charge in [0.1, 0.15) is 11.6 Å². The van der Waals surface area contributed by atoms with Crippen molar-refractivity contribution in [2.75, 3.05) is 10.8 Å². The molecule has 1 amide bonds. The maximum atomic E-state index is 12.1. The number of aromatic hydroxyl groups is 2. The molecule has 4 nitrogen and oxygen atoms in total. The van der Waals surface area contributed by atoms with Crippen LogP contribution in [0.5, 0.6) is 11.5 Å². The van der Waals surface area contributed by atoms with E-state index in [0.717, 1.165) is 0 Å². The van der Waals surface area contributed by atoms with E-state index in [4.69, 9.17) is 34.8 Å². The Balaban J connectivity index is 2.43. The van der Waals surface area contributed by atoms with E-state index >= 15 is 0 Å². The van der Waals surface area contributed by atoms with Crippen LogP contribution in [0.3, 0.4) is 0 Å². The van der Waals surface area contributed by atoms with E-state index in [2.05, 4.69) is 0 Å². The van der Waals surface area contributed by atoms with E-state index in [1.165, 1.54) is 23.1 Å². The van der Waals surface area contributed by atoms with Gasteiger partial charge in [0, 0.05) is 11.3 Å². The van der Waals surface area contributed by atoms with Crippen LogP contribution in [0.4, 0.5) is 5.69 Å². The van der Waals surface area contributed by atoms with Crippen LogP contribution in [0, 0.1) is 0 Å². The Bertz CT molecular complexity index is 683. The van der Waals surface area contributed by atoms with Crippen molar-refractivity contribution >= 4 is 46.4 Å². The third-order valence-electron chi connectivity index (χ3n) is 3.05. The number of phenols is 2. The SMILES string of the molecule is O=C(CCl)N(Cc1ccccc1O)c1cc(Cl)c(O)c(Cl)c1. The maximum absolute atomic E-state index is 12.1. The highest BCUT2D eigenvalue weighted by atomic mass is 35.5. The average Bonchev–Trinajstić information content (AvgIpc) is 2.50. The number of carbonyl (C=O) groups is 1. The molecule has 2 aromatic rings. The Kier molecular flexibility index (Phi) is 5.40. The molecule has 0 bridgehead atoms. The molecule has 22 heavy (non-hydrogen) atoms. The molecule has 0 saturated carbocycles. The fraction of sp³-hybridized carbons (Fsp3) is 0.133. The summed E-state index contributed by atoms with van der Waals surface area (Å²) in [5.74, 6) is -0.828. The number of amides is 1. The first-order valence-electron chi connectivity index (χ1n) is 6.25. The molecule has 116 valence electrons. The van der Waals surface area contributed by atoms with E-state index in [0.29, 0.717) is 11.3 Å². The van der Waals surface area contributed by atoms with Crippen molar-refractivity contribution in [1.82, 2.24) is 0 Å². The number of hydrogen-bond donors (Lipinski definition) is 2. The number of anilines is 1. The largest absolute Gasteiger partial charge is 0.508 e. The van der Waals surface area contributed by atoms with Crippen LogP contribution in [0.1, 0.15) is 5.56 Å².